The molecule has 1 saturated heterocycles. The summed E-state index contributed by atoms with van der Waals surface area (Å²) >= 11 is 1.25. The van der Waals surface area contributed by atoms with E-state index < -0.39 is 5.25 Å². The van der Waals surface area contributed by atoms with Crippen LogP contribution in [0.4, 0.5) is 0 Å². The highest BCUT2D eigenvalue weighted by atomic mass is 32.2. The van der Waals surface area contributed by atoms with Crippen LogP contribution in [0.2, 0.25) is 0 Å². The number of nitrogens with zero attached hydrogens (tertiary/aromatic N) is 2. The highest BCUT2D eigenvalue weighted by molar-refractivity contribution is 8.00. The van der Waals surface area contributed by atoms with Gasteiger partial charge in [-0.05, 0) is 37.5 Å². The number of aromatic nitrogens is 3. The summed E-state index contributed by atoms with van der Waals surface area (Å²) in [7, 11) is 0. The van der Waals surface area contributed by atoms with E-state index >= 15 is 0 Å². The normalized spacial score (nSPS) is 19.0. The van der Waals surface area contributed by atoms with Gasteiger partial charge in [0.1, 0.15) is 0 Å². The number of hydrogen-bond acceptors (Lipinski definition) is 7. The molecule has 0 spiro atoms. The fourth-order valence-corrected chi connectivity index (χ4v) is 4.03. The van der Waals surface area contributed by atoms with Gasteiger partial charge in [-0.1, -0.05) is 17.8 Å². The van der Waals surface area contributed by atoms with Crippen LogP contribution in [-0.4, -0.2) is 45.4 Å². The van der Waals surface area contributed by atoms with E-state index in [0.29, 0.717) is 29.7 Å². The summed E-state index contributed by atoms with van der Waals surface area (Å²) < 4.78 is 17.8. The molecule has 2 aliphatic heterocycles. The molecule has 3 heterocycles. The Balaban J connectivity index is 1.34. The smallest absolute Gasteiger partial charge is 0.344 e. The maximum atomic E-state index is 12.5. The highest BCUT2D eigenvalue weighted by Gasteiger charge is 2.23. The van der Waals surface area contributed by atoms with Gasteiger partial charge in [-0.15, -0.1) is 5.10 Å². The lowest BCUT2D eigenvalue weighted by Crippen LogP contribution is -2.31. The maximum Gasteiger partial charge on any atom is 0.344 e. The molecular formula is C18H22N4O5S. The number of thioether (sulfide) groups is 1. The van der Waals surface area contributed by atoms with E-state index in [4.69, 9.17) is 14.2 Å². The Bertz CT molecular complexity index is 906. The van der Waals surface area contributed by atoms with Crippen molar-refractivity contribution in [2.45, 2.75) is 49.4 Å². The van der Waals surface area contributed by atoms with E-state index in [2.05, 4.69) is 15.5 Å². The van der Waals surface area contributed by atoms with Gasteiger partial charge in [0.25, 0.3) is 0 Å². The minimum Gasteiger partial charge on any atom is -0.454 e. The van der Waals surface area contributed by atoms with Crippen LogP contribution < -0.4 is 20.5 Å². The van der Waals surface area contributed by atoms with Gasteiger partial charge in [0.2, 0.25) is 12.7 Å². The molecule has 0 bridgehead atoms. The molecule has 2 aliphatic rings. The molecule has 2 aromatic rings. The van der Waals surface area contributed by atoms with E-state index in [-0.39, 0.29) is 24.5 Å². The summed E-state index contributed by atoms with van der Waals surface area (Å²) in [6.45, 7) is 3.55. The van der Waals surface area contributed by atoms with Crippen LogP contribution in [0, 0.1) is 0 Å². The number of nitrogens with one attached hydrogen (secondary N) is 2. The van der Waals surface area contributed by atoms with Crippen molar-refractivity contribution in [3.05, 3.63) is 34.2 Å². The first-order valence-electron chi connectivity index (χ1n) is 9.20. The van der Waals surface area contributed by atoms with Gasteiger partial charge in [-0.2, -0.15) is 0 Å². The van der Waals surface area contributed by atoms with Crippen molar-refractivity contribution in [1.29, 1.82) is 0 Å². The number of carbonyl (C=O) groups is 1. The second kappa shape index (κ2) is 8.27. The number of ether oxygens (including phenoxy) is 3. The molecule has 28 heavy (non-hydrogen) atoms. The first-order valence-corrected chi connectivity index (χ1v) is 10.1. The van der Waals surface area contributed by atoms with Crippen LogP contribution >= 0.6 is 11.8 Å². The Morgan fingerprint density at radius 1 is 1.43 bits per heavy atom. The number of benzene rings is 1. The van der Waals surface area contributed by atoms with Gasteiger partial charge >= 0.3 is 5.69 Å². The Labute approximate surface area is 165 Å². The molecule has 1 amide bonds. The predicted octanol–water partition coefficient (Wildman–Crippen LogP) is 1.28. The lowest BCUT2D eigenvalue weighted by atomic mass is 10.2. The lowest BCUT2D eigenvalue weighted by Gasteiger charge is -2.14. The Kier molecular flexibility index (Phi) is 5.58. The van der Waals surface area contributed by atoms with Crippen LogP contribution in [-0.2, 0) is 22.6 Å². The zero-order valence-corrected chi connectivity index (χ0v) is 16.3. The Morgan fingerprint density at radius 3 is 3.11 bits per heavy atom. The average molecular weight is 406 g/mol. The lowest BCUT2D eigenvalue weighted by molar-refractivity contribution is -0.120. The van der Waals surface area contributed by atoms with Crippen molar-refractivity contribution in [3.8, 4) is 11.5 Å². The van der Waals surface area contributed by atoms with E-state index in [9.17, 15) is 9.59 Å². The van der Waals surface area contributed by atoms with Gasteiger partial charge in [0, 0.05) is 13.2 Å². The summed E-state index contributed by atoms with van der Waals surface area (Å²) in [5, 5.41) is 9.51. The minimum atomic E-state index is -0.410. The molecule has 9 nitrogen and oxygen atoms in total. The zero-order chi connectivity index (χ0) is 19.5. The molecule has 0 saturated carbocycles. The molecule has 1 fully saturated rings. The predicted molar refractivity (Wildman–Crippen MR) is 102 cm³/mol. The van der Waals surface area contributed by atoms with Gasteiger partial charge in [-0.3, -0.25) is 9.36 Å². The van der Waals surface area contributed by atoms with E-state index in [1.807, 2.05) is 18.2 Å². The maximum absolute atomic E-state index is 12.5. The minimum absolute atomic E-state index is 0.0183. The van der Waals surface area contributed by atoms with Crippen molar-refractivity contribution in [2.24, 2.45) is 0 Å². The summed E-state index contributed by atoms with van der Waals surface area (Å²) in [6, 6.07) is 5.57. The summed E-state index contributed by atoms with van der Waals surface area (Å²) in [5.41, 5.74) is 0.635. The van der Waals surface area contributed by atoms with Crippen molar-refractivity contribution >= 4 is 17.7 Å². The first-order chi connectivity index (χ1) is 13.6. The van der Waals surface area contributed by atoms with E-state index in [0.717, 1.165) is 25.0 Å². The topological polar surface area (TPSA) is 107 Å². The van der Waals surface area contributed by atoms with Crippen LogP contribution in [0.3, 0.4) is 0 Å². The molecule has 2 N–H and O–H groups in total. The molecule has 150 valence electrons. The highest BCUT2D eigenvalue weighted by Crippen LogP contribution is 2.32. The van der Waals surface area contributed by atoms with Crippen LogP contribution in [0.1, 0.15) is 25.3 Å². The quantitative estimate of drug-likeness (QED) is 0.667. The number of rotatable bonds is 7. The SMILES string of the molecule is C[C@H](Sc1n[nH]c(=O)n1C[C@@H]1CCCO1)C(=O)NCc1ccc2c(c1)OCO2. The molecule has 0 aliphatic carbocycles. The number of H-pyrrole nitrogens is 1. The number of hydrogen-bond donors (Lipinski definition) is 2. The van der Waals surface area contributed by atoms with Gasteiger partial charge in [0.15, 0.2) is 16.7 Å². The van der Waals surface area contributed by atoms with Gasteiger partial charge in [0.05, 0.1) is 17.9 Å². The van der Waals surface area contributed by atoms with Crippen molar-refractivity contribution in [1.82, 2.24) is 20.1 Å². The van der Waals surface area contributed by atoms with Crippen molar-refractivity contribution in [2.75, 3.05) is 13.4 Å². The molecule has 10 heteroatoms. The molecular weight excluding hydrogens is 384 g/mol. The van der Waals surface area contributed by atoms with Crippen molar-refractivity contribution < 1.29 is 19.0 Å². The molecule has 0 unspecified atom stereocenters. The summed E-state index contributed by atoms with van der Waals surface area (Å²) in [4.78, 5) is 24.5. The number of amides is 1. The first kappa shape index (κ1) is 18.9. The van der Waals surface area contributed by atoms with Crippen molar-refractivity contribution in [3.63, 3.8) is 0 Å². The largest absolute Gasteiger partial charge is 0.454 e. The summed E-state index contributed by atoms with van der Waals surface area (Å²) in [5.74, 6) is 1.26. The molecule has 0 radical (unpaired) electrons. The zero-order valence-electron chi connectivity index (χ0n) is 15.5. The van der Waals surface area contributed by atoms with Crippen LogP contribution in [0.5, 0.6) is 11.5 Å². The summed E-state index contributed by atoms with van der Waals surface area (Å²) in [6.07, 6.45) is 1.94. The third-order valence-electron chi connectivity index (χ3n) is 4.69. The van der Waals surface area contributed by atoms with Gasteiger partial charge < -0.3 is 19.5 Å². The number of carbonyl (C=O) groups excluding carboxylic acids is 1. The van der Waals surface area contributed by atoms with E-state index in [1.54, 1.807) is 11.5 Å². The van der Waals surface area contributed by atoms with Crippen LogP contribution in [0.25, 0.3) is 0 Å². The second-order valence-corrected chi connectivity index (χ2v) is 8.03. The molecule has 1 aromatic carbocycles. The van der Waals surface area contributed by atoms with Gasteiger partial charge in [-0.25, -0.2) is 9.89 Å². The van der Waals surface area contributed by atoms with Crippen LogP contribution in [0.15, 0.2) is 28.2 Å². The fraction of sp³-hybridized carbons (Fsp3) is 0.500. The molecule has 1 aromatic heterocycles. The van der Waals surface area contributed by atoms with E-state index in [1.165, 1.54) is 11.8 Å². The monoisotopic (exact) mass is 406 g/mol. The Morgan fingerprint density at radius 2 is 2.29 bits per heavy atom. The number of fused-ring (bicyclic) bond motifs is 1. The molecule has 4 rings (SSSR count). The molecule has 2 atom stereocenters. The average Bonchev–Trinajstić information content (AvgIpc) is 3.43. The third-order valence-corrected chi connectivity index (χ3v) is 5.78. The second-order valence-electron chi connectivity index (χ2n) is 6.72. The Hall–Kier alpha value is -2.46. The fourth-order valence-electron chi connectivity index (χ4n) is 3.14. The standard InChI is InChI=1S/C18H22N4O5S/c1-11(16(23)19-8-12-4-5-14-15(7-12)27-10-26-14)28-18-21-20-17(24)22(18)9-13-3-2-6-25-13/h4-5,7,11,13H,2-3,6,8-10H2,1H3,(H,19,23)(H,20,24)/t11-,13-/m0/s1. The third kappa shape index (κ3) is 4.17. The number of aromatic amines is 1.